The fourth-order valence-corrected chi connectivity index (χ4v) is 4.67. The van der Waals surface area contributed by atoms with Gasteiger partial charge >= 0.3 is 0 Å². The first kappa shape index (κ1) is 26.6. The number of hydrogen-bond acceptors (Lipinski definition) is 2. The summed E-state index contributed by atoms with van der Waals surface area (Å²) < 4.78 is 0. The molecule has 0 saturated carbocycles. The number of benzene rings is 4. The lowest BCUT2D eigenvalue weighted by atomic mass is 9.91. The largest absolute Gasteiger partial charge is 0.341 e. The molecule has 0 fully saturated rings. The van der Waals surface area contributed by atoms with Crippen molar-refractivity contribution in [1.82, 2.24) is 9.80 Å². The molecule has 4 rings (SSSR count). The van der Waals surface area contributed by atoms with Gasteiger partial charge in [0.2, 0.25) is 11.8 Å². The Balaban J connectivity index is 1.43. The van der Waals surface area contributed by atoms with E-state index in [9.17, 15) is 9.59 Å². The molecule has 38 heavy (non-hydrogen) atoms. The first-order valence-corrected chi connectivity index (χ1v) is 12.9. The summed E-state index contributed by atoms with van der Waals surface area (Å²) in [6, 6.07) is 40.7. The van der Waals surface area contributed by atoms with Crippen molar-refractivity contribution >= 4 is 11.8 Å². The highest BCUT2D eigenvalue weighted by Crippen LogP contribution is 2.26. The topological polar surface area (TPSA) is 40.6 Å². The number of carbonyl (C=O) groups excluding carboxylic acids is 2. The minimum atomic E-state index is -0.203. The van der Waals surface area contributed by atoms with Crippen LogP contribution in [0.25, 0.3) is 0 Å². The summed E-state index contributed by atoms with van der Waals surface area (Å²) >= 11 is 0. The monoisotopic (exact) mass is 502 g/mol. The summed E-state index contributed by atoms with van der Waals surface area (Å²) in [6.07, 6.45) is 2.76. The van der Waals surface area contributed by atoms with Crippen LogP contribution < -0.4 is 0 Å². The normalized spacial score (nSPS) is 11.2. The molecule has 0 aliphatic carbocycles. The second kappa shape index (κ2) is 13.2. The molecule has 2 amide bonds. The fraction of sp³-hybridized carbons (Fsp3) is 0.176. The Morgan fingerprint density at radius 2 is 0.737 bits per heavy atom. The number of likely N-dealkylation sites (N-methyl/N-ethyl adjacent to an activating group) is 2. The summed E-state index contributed by atoms with van der Waals surface area (Å²) in [4.78, 5) is 29.3. The minimum Gasteiger partial charge on any atom is -0.341 e. The van der Waals surface area contributed by atoms with Crippen molar-refractivity contribution in [3.8, 4) is 0 Å². The standard InChI is InChI=1S/C34H34N2O2/c1-35(25-31(27-15-7-3-8-16-27)28-17-9-4-10-18-28)33(37)23-24-34(38)36(2)26-32(29-19-11-5-12-20-29)30-21-13-6-14-22-30/h3-24,31-32H,25-26H2,1-2H3/b24-23-. The summed E-state index contributed by atoms with van der Waals surface area (Å²) in [5, 5.41) is 0. The highest BCUT2D eigenvalue weighted by molar-refractivity contribution is 5.96. The van der Waals surface area contributed by atoms with Crippen LogP contribution in [-0.4, -0.2) is 48.8 Å². The van der Waals surface area contributed by atoms with Crippen LogP contribution >= 0.6 is 0 Å². The summed E-state index contributed by atoms with van der Waals surface area (Å²) in [5.41, 5.74) is 4.58. The Labute approximate surface area is 225 Å². The van der Waals surface area contributed by atoms with Gasteiger partial charge in [0.25, 0.3) is 0 Å². The Morgan fingerprint density at radius 1 is 0.500 bits per heavy atom. The predicted molar refractivity (Wildman–Crippen MR) is 154 cm³/mol. The number of nitrogens with zero attached hydrogens (tertiary/aromatic N) is 2. The maximum absolute atomic E-state index is 13.0. The van der Waals surface area contributed by atoms with Gasteiger partial charge in [0.1, 0.15) is 0 Å². The van der Waals surface area contributed by atoms with E-state index in [1.807, 2.05) is 72.8 Å². The number of rotatable bonds is 10. The molecule has 0 bridgehead atoms. The number of carbonyl (C=O) groups is 2. The minimum absolute atomic E-state index is 0.0376. The van der Waals surface area contributed by atoms with Gasteiger partial charge in [0, 0.05) is 51.2 Å². The lowest BCUT2D eigenvalue weighted by Crippen LogP contribution is -2.32. The van der Waals surface area contributed by atoms with Crippen LogP contribution in [0.15, 0.2) is 133 Å². The molecule has 0 aliphatic heterocycles. The third-order valence-corrected chi connectivity index (χ3v) is 6.84. The van der Waals surface area contributed by atoms with Gasteiger partial charge in [-0.25, -0.2) is 0 Å². The molecule has 0 radical (unpaired) electrons. The Morgan fingerprint density at radius 3 is 0.974 bits per heavy atom. The van der Waals surface area contributed by atoms with Crippen molar-refractivity contribution < 1.29 is 9.59 Å². The third-order valence-electron chi connectivity index (χ3n) is 6.84. The van der Waals surface area contributed by atoms with E-state index in [1.54, 1.807) is 23.9 Å². The third kappa shape index (κ3) is 7.07. The van der Waals surface area contributed by atoms with Gasteiger partial charge in [-0.15, -0.1) is 0 Å². The Bertz CT molecular complexity index is 1140. The smallest absolute Gasteiger partial charge is 0.246 e. The maximum atomic E-state index is 13.0. The molecule has 0 N–H and O–H groups in total. The van der Waals surface area contributed by atoms with Crippen molar-refractivity contribution in [3.63, 3.8) is 0 Å². The van der Waals surface area contributed by atoms with Crippen LogP contribution in [0.4, 0.5) is 0 Å². The zero-order chi connectivity index (χ0) is 26.7. The molecule has 4 heteroatoms. The quantitative estimate of drug-likeness (QED) is 0.245. The lowest BCUT2D eigenvalue weighted by Gasteiger charge is -2.25. The summed E-state index contributed by atoms with van der Waals surface area (Å²) in [7, 11) is 3.56. The number of amides is 2. The Hall–Kier alpha value is -4.44. The molecule has 0 heterocycles. The predicted octanol–water partition coefficient (Wildman–Crippen LogP) is 6.12. The fourth-order valence-electron chi connectivity index (χ4n) is 4.67. The average molecular weight is 503 g/mol. The SMILES string of the molecule is CN(CC(c1ccccc1)c1ccccc1)C(=O)/C=C\C(=O)N(C)CC(c1ccccc1)c1ccccc1. The molecule has 4 nitrogen and oxygen atoms in total. The van der Waals surface area contributed by atoms with E-state index in [1.165, 1.54) is 12.2 Å². The second-order valence-corrected chi connectivity index (χ2v) is 9.52. The van der Waals surface area contributed by atoms with Crippen molar-refractivity contribution in [1.29, 1.82) is 0 Å². The molecule has 0 aliphatic rings. The molecule has 0 atom stereocenters. The van der Waals surface area contributed by atoms with Crippen molar-refractivity contribution in [2.24, 2.45) is 0 Å². The van der Waals surface area contributed by atoms with E-state index in [0.717, 1.165) is 22.3 Å². The van der Waals surface area contributed by atoms with E-state index in [0.29, 0.717) is 13.1 Å². The molecule has 4 aromatic carbocycles. The van der Waals surface area contributed by atoms with E-state index < -0.39 is 0 Å². The molecule has 0 aromatic heterocycles. The highest BCUT2D eigenvalue weighted by atomic mass is 16.2. The van der Waals surface area contributed by atoms with Crippen LogP contribution in [0.5, 0.6) is 0 Å². The maximum Gasteiger partial charge on any atom is 0.246 e. The van der Waals surface area contributed by atoms with Crippen LogP contribution in [0.3, 0.4) is 0 Å². The molecular formula is C34H34N2O2. The zero-order valence-electron chi connectivity index (χ0n) is 22.0. The van der Waals surface area contributed by atoms with Gasteiger partial charge in [0.15, 0.2) is 0 Å². The van der Waals surface area contributed by atoms with Crippen LogP contribution in [-0.2, 0) is 9.59 Å². The number of hydrogen-bond donors (Lipinski definition) is 0. The van der Waals surface area contributed by atoms with Crippen LogP contribution in [0.1, 0.15) is 34.1 Å². The second-order valence-electron chi connectivity index (χ2n) is 9.52. The average Bonchev–Trinajstić information content (AvgIpc) is 2.98. The molecular weight excluding hydrogens is 468 g/mol. The lowest BCUT2D eigenvalue weighted by molar-refractivity contribution is -0.127. The zero-order valence-corrected chi connectivity index (χ0v) is 22.0. The van der Waals surface area contributed by atoms with Gasteiger partial charge in [-0.1, -0.05) is 121 Å². The van der Waals surface area contributed by atoms with Crippen molar-refractivity contribution in [2.45, 2.75) is 11.8 Å². The first-order chi connectivity index (χ1) is 18.5. The van der Waals surface area contributed by atoms with Crippen LogP contribution in [0, 0.1) is 0 Å². The van der Waals surface area contributed by atoms with Gasteiger partial charge in [-0.05, 0) is 22.3 Å². The first-order valence-electron chi connectivity index (χ1n) is 12.9. The molecule has 0 saturated heterocycles. The van der Waals surface area contributed by atoms with Crippen LogP contribution in [0.2, 0.25) is 0 Å². The highest BCUT2D eigenvalue weighted by Gasteiger charge is 2.20. The van der Waals surface area contributed by atoms with Gasteiger partial charge in [0.05, 0.1) is 0 Å². The van der Waals surface area contributed by atoms with Crippen molar-refractivity contribution in [2.75, 3.05) is 27.2 Å². The van der Waals surface area contributed by atoms with E-state index >= 15 is 0 Å². The molecule has 192 valence electrons. The van der Waals surface area contributed by atoms with Crippen molar-refractivity contribution in [3.05, 3.63) is 156 Å². The molecule has 4 aromatic rings. The van der Waals surface area contributed by atoms with E-state index in [4.69, 9.17) is 0 Å². The Kier molecular flexibility index (Phi) is 9.25. The summed E-state index contributed by atoms with van der Waals surface area (Å²) in [5.74, 6) is -0.330. The van der Waals surface area contributed by atoms with Gasteiger partial charge in [-0.2, -0.15) is 0 Å². The van der Waals surface area contributed by atoms with E-state index in [-0.39, 0.29) is 23.7 Å². The van der Waals surface area contributed by atoms with Gasteiger partial charge < -0.3 is 9.80 Å². The molecule has 0 unspecified atom stereocenters. The molecule has 0 spiro atoms. The summed E-state index contributed by atoms with van der Waals surface area (Å²) in [6.45, 7) is 1.01. The van der Waals surface area contributed by atoms with E-state index in [2.05, 4.69) is 48.5 Å². The van der Waals surface area contributed by atoms with Gasteiger partial charge in [-0.3, -0.25) is 9.59 Å².